The maximum Gasteiger partial charge on any atom is 0.513 e. The lowest BCUT2D eigenvalue weighted by Crippen LogP contribution is -2.28. The van der Waals surface area contributed by atoms with Crippen molar-refractivity contribution >= 4 is 9.53 Å². The summed E-state index contributed by atoms with van der Waals surface area (Å²) in [5, 5.41) is 0. The molecule has 0 N–H and O–H groups in total. The molecule has 0 bridgehead atoms. The second kappa shape index (κ2) is 13.1. The molecule has 0 aromatic carbocycles. The first kappa shape index (κ1) is 16.1. The van der Waals surface area contributed by atoms with Gasteiger partial charge in [-0.3, -0.25) is 0 Å². The molecule has 0 atom stereocenters. The van der Waals surface area contributed by atoms with E-state index in [1.165, 1.54) is 32.8 Å². The molecule has 0 saturated heterocycles. The van der Waals surface area contributed by atoms with Crippen LogP contribution in [0.15, 0.2) is 0 Å². The van der Waals surface area contributed by atoms with Crippen molar-refractivity contribution in [2.45, 2.75) is 52.4 Å². The van der Waals surface area contributed by atoms with Crippen LogP contribution in [0.1, 0.15) is 52.4 Å². The minimum atomic E-state index is -2.04. The summed E-state index contributed by atoms with van der Waals surface area (Å²) in [6, 6.07) is 0. The summed E-state index contributed by atoms with van der Waals surface area (Å²) in [5.74, 6) is 0. The van der Waals surface area contributed by atoms with Crippen molar-refractivity contribution in [3.63, 3.8) is 0 Å². The standard InChI is InChI=1S/C11H26O4Si/c1-4-6-8-10-13-16(15-12-3)14-11-9-7-5-2/h16H,4-11H2,1-3H3. The van der Waals surface area contributed by atoms with E-state index in [0.29, 0.717) is 13.2 Å². The Morgan fingerprint density at radius 3 is 1.69 bits per heavy atom. The lowest BCUT2D eigenvalue weighted by atomic mass is 10.3. The van der Waals surface area contributed by atoms with E-state index in [0.717, 1.165) is 12.8 Å². The molecule has 0 aliphatic heterocycles. The molecule has 0 radical (unpaired) electrons. The van der Waals surface area contributed by atoms with E-state index in [1.54, 1.807) is 0 Å². The van der Waals surface area contributed by atoms with Gasteiger partial charge in [0.25, 0.3) is 0 Å². The van der Waals surface area contributed by atoms with Gasteiger partial charge in [-0.15, -0.1) is 0 Å². The zero-order valence-corrected chi connectivity index (χ0v) is 12.0. The fourth-order valence-electron chi connectivity index (χ4n) is 1.25. The number of rotatable bonds is 12. The Labute approximate surface area is 101 Å². The first-order chi connectivity index (χ1) is 7.85. The van der Waals surface area contributed by atoms with Crippen LogP contribution in [0, 0.1) is 0 Å². The Bertz CT molecular complexity index is 123. The van der Waals surface area contributed by atoms with Crippen LogP contribution >= 0.6 is 0 Å². The Morgan fingerprint density at radius 2 is 1.31 bits per heavy atom. The summed E-state index contributed by atoms with van der Waals surface area (Å²) < 4.78 is 16.1. The predicted molar refractivity (Wildman–Crippen MR) is 66.2 cm³/mol. The van der Waals surface area contributed by atoms with Crippen LogP contribution in [0.3, 0.4) is 0 Å². The average molecular weight is 250 g/mol. The molecule has 0 amide bonds. The van der Waals surface area contributed by atoms with Gasteiger partial charge in [-0.1, -0.05) is 39.5 Å². The maximum atomic E-state index is 5.53. The SMILES string of the molecule is CCCCCO[SiH](OCCCCC)OOC. The van der Waals surface area contributed by atoms with Gasteiger partial charge in [0.15, 0.2) is 0 Å². The molecule has 0 unspecified atom stereocenters. The molecule has 0 spiro atoms. The number of hydrogen-bond donors (Lipinski definition) is 0. The highest BCUT2D eigenvalue weighted by Crippen LogP contribution is 2.01. The van der Waals surface area contributed by atoms with E-state index in [2.05, 4.69) is 18.7 Å². The van der Waals surface area contributed by atoms with Crippen molar-refractivity contribution in [2.24, 2.45) is 0 Å². The molecule has 16 heavy (non-hydrogen) atoms. The van der Waals surface area contributed by atoms with Crippen molar-refractivity contribution in [1.29, 1.82) is 0 Å². The summed E-state index contributed by atoms with van der Waals surface area (Å²) in [6.45, 7) is 5.76. The van der Waals surface area contributed by atoms with E-state index in [4.69, 9.17) is 13.4 Å². The molecular formula is C11H26O4Si. The van der Waals surface area contributed by atoms with Gasteiger partial charge >= 0.3 is 9.53 Å². The predicted octanol–water partition coefficient (Wildman–Crippen LogP) is 2.70. The van der Waals surface area contributed by atoms with Crippen LogP contribution in [0.25, 0.3) is 0 Å². The smallest absolute Gasteiger partial charge is 0.375 e. The quantitative estimate of drug-likeness (QED) is 0.231. The minimum absolute atomic E-state index is 0.710. The molecule has 5 heteroatoms. The van der Waals surface area contributed by atoms with Crippen molar-refractivity contribution in [1.82, 2.24) is 0 Å². The third kappa shape index (κ3) is 10.6. The second-order valence-corrected chi connectivity index (χ2v) is 5.14. The summed E-state index contributed by atoms with van der Waals surface area (Å²) in [5.41, 5.74) is 0. The van der Waals surface area contributed by atoms with Crippen LogP contribution in [-0.2, 0) is 18.3 Å². The normalized spacial score (nSPS) is 11.2. The van der Waals surface area contributed by atoms with Gasteiger partial charge < -0.3 is 8.85 Å². The van der Waals surface area contributed by atoms with Gasteiger partial charge in [0.2, 0.25) is 0 Å². The van der Waals surface area contributed by atoms with E-state index >= 15 is 0 Å². The van der Waals surface area contributed by atoms with Crippen LogP contribution in [0.2, 0.25) is 0 Å². The maximum absolute atomic E-state index is 5.53. The van der Waals surface area contributed by atoms with Crippen molar-refractivity contribution in [2.75, 3.05) is 20.3 Å². The first-order valence-corrected chi connectivity index (χ1v) is 7.69. The molecule has 0 aliphatic rings. The molecule has 98 valence electrons. The largest absolute Gasteiger partial charge is 0.513 e. The fourth-order valence-corrected chi connectivity index (χ4v) is 2.33. The third-order valence-corrected chi connectivity index (χ3v) is 3.54. The van der Waals surface area contributed by atoms with E-state index < -0.39 is 9.53 Å². The molecule has 0 aromatic rings. The van der Waals surface area contributed by atoms with Crippen molar-refractivity contribution in [3.05, 3.63) is 0 Å². The molecule has 0 fully saturated rings. The number of hydrogen-bond acceptors (Lipinski definition) is 4. The van der Waals surface area contributed by atoms with Crippen molar-refractivity contribution < 1.29 is 18.3 Å². The lowest BCUT2D eigenvalue weighted by Gasteiger charge is -2.14. The summed E-state index contributed by atoms with van der Waals surface area (Å²) in [6.07, 6.45) is 6.88. The first-order valence-electron chi connectivity index (χ1n) is 6.27. The van der Waals surface area contributed by atoms with Crippen LogP contribution in [0.5, 0.6) is 0 Å². The summed E-state index contributed by atoms with van der Waals surface area (Å²) in [4.78, 5) is 4.63. The Hall–Kier alpha value is 0.0569. The molecule has 0 aliphatic carbocycles. The highest BCUT2D eigenvalue weighted by atomic mass is 28.3. The molecule has 0 heterocycles. The zero-order chi connectivity index (χ0) is 12.1. The van der Waals surface area contributed by atoms with Crippen LogP contribution in [0.4, 0.5) is 0 Å². The van der Waals surface area contributed by atoms with Crippen molar-refractivity contribution in [3.8, 4) is 0 Å². The van der Waals surface area contributed by atoms with Gasteiger partial charge in [-0.2, -0.15) is 0 Å². The fraction of sp³-hybridized carbons (Fsp3) is 1.00. The molecule has 0 saturated carbocycles. The minimum Gasteiger partial charge on any atom is -0.375 e. The van der Waals surface area contributed by atoms with Gasteiger partial charge in [0, 0.05) is 13.2 Å². The van der Waals surface area contributed by atoms with E-state index in [-0.39, 0.29) is 0 Å². The average Bonchev–Trinajstić information content (AvgIpc) is 2.30. The van der Waals surface area contributed by atoms with E-state index in [1.807, 2.05) is 0 Å². The monoisotopic (exact) mass is 250 g/mol. The lowest BCUT2D eigenvalue weighted by molar-refractivity contribution is -0.216. The Kier molecular flexibility index (Phi) is 13.2. The molecular weight excluding hydrogens is 224 g/mol. The van der Waals surface area contributed by atoms with E-state index in [9.17, 15) is 0 Å². The molecule has 0 rings (SSSR count). The highest BCUT2D eigenvalue weighted by Gasteiger charge is 2.15. The summed E-state index contributed by atoms with van der Waals surface area (Å²) in [7, 11) is -0.550. The van der Waals surface area contributed by atoms with Gasteiger partial charge in [0.05, 0.1) is 7.11 Å². The summed E-state index contributed by atoms with van der Waals surface area (Å²) >= 11 is 0. The zero-order valence-electron chi connectivity index (χ0n) is 10.9. The highest BCUT2D eigenvalue weighted by molar-refractivity contribution is 6.35. The third-order valence-electron chi connectivity index (χ3n) is 2.18. The van der Waals surface area contributed by atoms with Gasteiger partial charge in [0.1, 0.15) is 0 Å². The Morgan fingerprint density at radius 1 is 0.812 bits per heavy atom. The van der Waals surface area contributed by atoms with Crippen LogP contribution < -0.4 is 0 Å². The van der Waals surface area contributed by atoms with Gasteiger partial charge in [-0.05, 0) is 12.8 Å². The second-order valence-electron chi connectivity index (χ2n) is 3.71. The van der Waals surface area contributed by atoms with Gasteiger partial charge in [-0.25, -0.2) is 9.46 Å². The topological polar surface area (TPSA) is 36.9 Å². The Balaban J connectivity index is 3.45. The number of unbranched alkanes of at least 4 members (excludes halogenated alkanes) is 4. The molecule has 4 nitrogen and oxygen atoms in total. The molecule has 0 aromatic heterocycles. The van der Waals surface area contributed by atoms with Crippen LogP contribution in [-0.4, -0.2) is 29.9 Å².